The van der Waals surface area contributed by atoms with Crippen molar-refractivity contribution in [2.75, 3.05) is 18.4 Å². The van der Waals surface area contributed by atoms with Crippen molar-refractivity contribution in [2.24, 2.45) is 5.41 Å². The van der Waals surface area contributed by atoms with Crippen molar-refractivity contribution in [3.05, 3.63) is 36.3 Å². The fourth-order valence-corrected chi connectivity index (χ4v) is 5.10. The Morgan fingerprint density at radius 1 is 1.32 bits per heavy atom. The van der Waals surface area contributed by atoms with Gasteiger partial charge in [0.1, 0.15) is 11.5 Å². The number of likely N-dealkylation sites (tertiary alicyclic amines) is 1. The zero-order valence-electron chi connectivity index (χ0n) is 17.3. The zero-order valence-corrected chi connectivity index (χ0v) is 17.3. The Kier molecular flexibility index (Phi) is 4.83. The van der Waals surface area contributed by atoms with Crippen LogP contribution >= 0.6 is 0 Å². The van der Waals surface area contributed by atoms with Crippen molar-refractivity contribution >= 4 is 22.8 Å². The summed E-state index contributed by atoms with van der Waals surface area (Å²) in [6.45, 7) is 3.49. The molecule has 1 saturated heterocycles. The average Bonchev–Trinajstić information content (AvgIpc) is 3.30. The summed E-state index contributed by atoms with van der Waals surface area (Å²) in [5, 5.41) is 3.79. The van der Waals surface area contributed by atoms with Gasteiger partial charge in [-0.3, -0.25) is 4.79 Å². The van der Waals surface area contributed by atoms with E-state index >= 15 is 0 Å². The van der Waals surface area contributed by atoms with Gasteiger partial charge in [0.15, 0.2) is 17.5 Å². The second-order valence-corrected chi connectivity index (χ2v) is 8.66. The third kappa shape index (κ3) is 3.62. The van der Waals surface area contributed by atoms with Crippen LogP contribution < -0.4 is 5.32 Å². The molecular formula is C22H24F2N6O. The largest absolute Gasteiger partial charge is 0.365 e. The quantitative estimate of drug-likeness (QED) is 0.661. The van der Waals surface area contributed by atoms with Gasteiger partial charge in [-0.2, -0.15) is 0 Å². The molecule has 0 aromatic carbocycles. The number of nitrogens with zero attached hydrogens (tertiary/aromatic N) is 4. The fourth-order valence-electron chi connectivity index (χ4n) is 5.10. The Hall–Kier alpha value is -3.10. The molecule has 1 saturated carbocycles. The first-order valence-electron chi connectivity index (χ1n) is 10.7. The number of hydrogen-bond donors (Lipinski definition) is 2. The van der Waals surface area contributed by atoms with E-state index in [0.29, 0.717) is 28.8 Å². The van der Waals surface area contributed by atoms with Gasteiger partial charge in [-0.1, -0.05) is 6.42 Å². The number of H-pyrrole nitrogens is 1. The van der Waals surface area contributed by atoms with E-state index in [4.69, 9.17) is 0 Å². The van der Waals surface area contributed by atoms with Crippen LogP contribution in [-0.2, 0) is 4.79 Å². The number of aromatic nitrogens is 4. The maximum Gasteiger partial charge on any atom is 0.223 e. The molecule has 1 spiro atoms. The summed E-state index contributed by atoms with van der Waals surface area (Å²) >= 11 is 0. The molecule has 2 aliphatic rings. The number of hydrogen-bond acceptors (Lipinski definition) is 5. The SMILES string of the molecule is CCN1C[C@]2(CCCC(Nc3nc(-c4c[nH]c5ncc(F)cc45)ncc3F)C2)CC1=O. The topological polar surface area (TPSA) is 86.8 Å². The number of halogens is 2. The monoisotopic (exact) mass is 426 g/mol. The van der Waals surface area contributed by atoms with Gasteiger partial charge in [-0.25, -0.2) is 23.7 Å². The van der Waals surface area contributed by atoms with Crippen LogP contribution in [0.5, 0.6) is 0 Å². The molecule has 1 aliphatic carbocycles. The van der Waals surface area contributed by atoms with E-state index in [1.165, 1.54) is 6.07 Å². The van der Waals surface area contributed by atoms with E-state index in [2.05, 4.69) is 25.3 Å². The summed E-state index contributed by atoms with van der Waals surface area (Å²) in [5.41, 5.74) is 1.03. The average molecular weight is 426 g/mol. The minimum atomic E-state index is -0.537. The predicted octanol–water partition coefficient (Wildman–Crippen LogP) is 3.89. The Bertz CT molecular complexity index is 1150. The molecule has 2 fully saturated rings. The molecule has 0 bridgehead atoms. The van der Waals surface area contributed by atoms with Crippen LogP contribution in [0, 0.1) is 17.0 Å². The van der Waals surface area contributed by atoms with E-state index < -0.39 is 11.6 Å². The number of anilines is 1. The smallest absolute Gasteiger partial charge is 0.223 e. The molecular weight excluding hydrogens is 402 g/mol. The third-order valence-electron chi connectivity index (χ3n) is 6.55. The Balaban J connectivity index is 1.40. The second-order valence-electron chi connectivity index (χ2n) is 8.66. The molecule has 31 heavy (non-hydrogen) atoms. The van der Waals surface area contributed by atoms with Crippen LogP contribution in [0.3, 0.4) is 0 Å². The van der Waals surface area contributed by atoms with E-state index in [-0.39, 0.29) is 23.2 Å². The number of fused-ring (bicyclic) bond motifs is 1. The van der Waals surface area contributed by atoms with Crippen molar-refractivity contribution in [2.45, 2.75) is 45.1 Å². The maximum absolute atomic E-state index is 14.6. The van der Waals surface area contributed by atoms with Crippen molar-refractivity contribution < 1.29 is 13.6 Å². The number of carbonyl (C=O) groups is 1. The van der Waals surface area contributed by atoms with Crippen molar-refractivity contribution in [3.8, 4) is 11.4 Å². The van der Waals surface area contributed by atoms with Crippen LogP contribution in [0.15, 0.2) is 24.7 Å². The first-order chi connectivity index (χ1) is 15.0. The Morgan fingerprint density at radius 2 is 2.19 bits per heavy atom. The van der Waals surface area contributed by atoms with Gasteiger partial charge in [0.05, 0.1) is 12.4 Å². The van der Waals surface area contributed by atoms with Crippen LogP contribution in [0.4, 0.5) is 14.6 Å². The van der Waals surface area contributed by atoms with Gasteiger partial charge in [0, 0.05) is 42.7 Å². The highest BCUT2D eigenvalue weighted by Gasteiger charge is 2.45. The normalized spacial score (nSPS) is 23.8. The lowest BCUT2D eigenvalue weighted by molar-refractivity contribution is -0.127. The number of aromatic amines is 1. The van der Waals surface area contributed by atoms with Crippen molar-refractivity contribution in [1.29, 1.82) is 0 Å². The molecule has 7 nitrogen and oxygen atoms in total. The van der Waals surface area contributed by atoms with E-state index in [1.807, 2.05) is 11.8 Å². The number of carbonyl (C=O) groups excluding carboxylic acids is 1. The molecule has 4 heterocycles. The molecule has 162 valence electrons. The Labute approximate surface area is 178 Å². The van der Waals surface area contributed by atoms with E-state index in [9.17, 15) is 13.6 Å². The van der Waals surface area contributed by atoms with E-state index in [1.54, 1.807) is 6.20 Å². The van der Waals surface area contributed by atoms with Crippen LogP contribution in [0.25, 0.3) is 22.4 Å². The third-order valence-corrected chi connectivity index (χ3v) is 6.55. The molecule has 1 amide bonds. The summed E-state index contributed by atoms with van der Waals surface area (Å²) in [4.78, 5) is 29.7. The lowest BCUT2D eigenvalue weighted by Gasteiger charge is -2.38. The van der Waals surface area contributed by atoms with Crippen molar-refractivity contribution in [1.82, 2.24) is 24.8 Å². The maximum atomic E-state index is 14.6. The van der Waals surface area contributed by atoms with Gasteiger partial charge in [-0.05, 0) is 37.7 Å². The highest BCUT2D eigenvalue weighted by Crippen LogP contribution is 2.45. The molecule has 0 radical (unpaired) electrons. The van der Waals surface area contributed by atoms with E-state index in [0.717, 1.165) is 51.2 Å². The Morgan fingerprint density at radius 3 is 3.00 bits per heavy atom. The predicted molar refractivity (Wildman–Crippen MR) is 112 cm³/mol. The first kappa shape index (κ1) is 19.8. The number of rotatable bonds is 4. The number of pyridine rings is 1. The molecule has 1 unspecified atom stereocenters. The van der Waals surface area contributed by atoms with Gasteiger partial charge in [0.25, 0.3) is 0 Å². The van der Waals surface area contributed by atoms with Gasteiger partial charge >= 0.3 is 0 Å². The van der Waals surface area contributed by atoms with Gasteiger partial charge in [0.2, 0.25) is 5.91 Å². The second kappa shape index (κ2) is 7.55. The summed E-state index contributed by atoms with van der Waals surface area (Å²) < 4.78 is 28.2. The molecule has 9 heteroatoms. The molecule has 2 atom stereocenters. The fraction of sp³-hybridized carbons (Fsp3) is 0.455. The standard InChI is InChI=1S/C22H24F2N6O/c1-2-30-12-22(8-18(30)31)5-3-4-14(7-22)28-21-17(24)11-27-20(29-21)16-10-26-19-15(16)6-13(23)9-25-19/h6,9-11,14H,2-5,7-8,12H2,1H3,(H,25,26)(H,27,28,29)/t14?,22-/m0/s1. The number of amides is 1. The minimum Gasteiger partial charge on any atom is -0.365 e. The van der Waals surface area contributed by atoms with Gasteiger partial charge in [-0.15, -0.1) is 0 Å². The summed E-state index contributed by atoms with van der Waals surface area (Å²) in [6, 6.07) is 1.38. The zero-order chi connectivity index (χ0) is 21.6. The highest BCUT2D eigenvalue weighted by molar-refractivity contribution is 5.91. The van der Waals surface area contributed by atoms with Gasteiger partial charge < -0.3 is 15.2 Å². The first-order valence-corrected chi connectivity index (χ1v) is 10.7. The molecule has 2 N–H and O–H groups in total. The molecule has 3 aromatic rings. The molecule has 5 rings (SSSR count). The van der Waals surface area contributed by atoms with Crippen LogP contribution in [0.2, 0.25) is 0 Å². The lowest BCUT2D eigenvalue weighted by Crippen LogP contribution is -2.38. The van der Waals surface area contributed by atoms with Crippen LogP contribution in [-0.4, -0.2) is 49.9 Å². The summed E-state index contributed by atoms with van der Waals surface area (Å²) in [7, 11) is 0. The highest BCUT2D eigenvalue weighted by atomic mass is 19.1. The van der Waals surface area contributed by atoms with Crippen LogP contribution in [0.1, 0.15) is 39.0 Å². The molecule has 3 aromatic heterocycles. The molecule has 1 aliphatic heterocycles. The number of nitrogens with one attached hydrogen (secondary N) is 2. The minimum absolute atomic E-state index is 0.0256. The van der Waals surface area contributed by atoms with Crippen molar-refractivity contribution in [3.63, 3.8) is 0 Å². The summed E-state index contributed by atoms with van der Waals surface area (Å²) in [5.74, 6) is -0.374. The lowest BCUT2D eigenvalue weighted by atomic mass is 9.71. The summed E-state index contributed by atoms with van der Waals surface area (Å²) in [6.07, 6.45) is 8.16.